The van der Waals surface area contributed by atoms with Gasteiger partial charge in [0.05, 0.1) is 200 Å². The second-order valence-corrected chi connectivity index (χ2v) is 32.0. The predicted molar refractivity (Wildman–Crippen MR) is 576 cm³/mol. The second-order valence-electron chi connectivity index (χ2n) is 32.0. The topological polar surface area (TPSA) is 54.4 Å². The zero-order valence-electron chi connectivity index (χ0n) is 82.0. The van der Waals surface area contributed by atoms with Crippen molar-refractivity contribution < 1.29 is 13.7 Å². The molecule has 0 saturated heterocycles. The van der Waals surface area contributed by atoms with E-state index in [1.54, 1.807) is 104 Å². The van der Waals surface area contributed by atoms with Crippen LogP contribution in [0, 0.1) is 42.5 Å². The molecule has 7 aromatic rings. The molecule has 2 aromatic heterocycles. The van der Waals surface area contributed by atoms with Gasteiger partial charge in [-0.3, -0.25) is 31.9 Å². The van der Waals surface area contributed by atoms with E-state index < -0.39 is 0 Å². The fourth-order valence-corrected chi connectivity index (χ4v) is 10.7. The van der Waals surface area contributed by atoms with Gasteiger partial charge in [0.1, 0.15) is 58.9 Å². The monoisotopic (exact) mass is 1740 g/mol. The van der Waals surface area contributed by atoms with Gasteiger partial charge in [0.25, 0.3) is 91.8 Å². The number of hydrogen-bond acceptors (Lipinski definition) is 1. The predicted octanol–water partition coefficient (Wildman–Crippen LogP) is 27.7. The van der Waals surface area contributed by atoms with E-state index in [0.717, 1.165) is 35.5 Å². The molecule has 2 aliphatic heterocycles. The highest BCUT2D eigenvalue weighted by Gasteiger charge is 2.28. The minimum absolute atomic E-state index is 0. The van der Waals surface area contributed by atoms with Gasteiger partial charge < -0.3 is 0 Å². The van der Waals surface area contributed by atoms with Crippen LogP contribution in [-0.4, -0.2) is 199 Å². The number of quaternary nitrogens is 5. The highest BCUT2D eigenvalue weighted by molar-refractivity contribution is 5.78. The lowest BCUT2D eigenvalue weighted by molar-refractivity contribution is -0.671. The van der Waals surface area contributed by atoms with Crippen LogP contribution in [0.15, 0.2) is 177 Å². The zero-order valence-corrected chi connectivity index (χ0v) is 82.0. The molecule has 18 nitrogen and oxygen atoms in total. The van der Waals surface area contributed by atoms with Crippen LogP contribution >= 0.6 is 0 Å². The first kappa shape index (κ1) is 141. The molecule has 1 atom stereocenters. The Balaban J connectivity index is -0.000000113. The number of hydrogen-bond donors (Lipinski definition) is 0. The molecule has 0 fully saturated rings. The van der Waals surface area contributed by atoms with E-state index in [1.165, 1.54) is 156 Å². The number of aromatic nitrogens is 4. The van der Waals surface area contributed by atoms with Gasteiger partial charge in [-0.2, -0.15) is 0 Å². The Bertz CT molecular complexity index is 3770. The number of aryl methyl sites for hydroxylation is 4. The van der Waals surface area contributed by atoms with Crippen LogP contribution in [0.3, 0.4) is 0 Å². The maximum Gasteiger partial charge on any atom is 0.269 e. The summed E-state index contributed by atoms with van der Waals surface area (Å²) in [5.41, 5.74) is 9.40. The third kappa shape index (κ3) is 76.4. The quantitative estimate of drug-likeness (QED) is 0.0452. The fraction of sp³-hybridized carbons (Fsp3) is 0.589. The van der Waals surface area contributed by atoms with Crippen molar-refractivity contribution in [2.24, 2.45) is 14.1 Å². The smallest absolute Gasteiger partial charge is 0.269 e. The third-order valence-corrected chi connectivity index (χ3v) is 18.6. The van der Waals surface area contributed by atoms with Crippen LogP contribution in [0.25, 0.3) is 33.9 Å². The van der Waals surface area contributed by atoms with Crippen molar-refractivity contribution in [2.45, 2.75) is 244 Å². The zero-order chi connectivity index (χ0) is 90.7. The molecule has 4 heterocycles. The van der Waals surface area contributed by atoms with Crippen LogP contribution in [0.5, 0.6) is 0 Å². The van der Waals surface area contributed by atoms with Crippen LogP contribution in [0.2, 0.25) is 0 Å². The number of benzene rings is 5. The van der Waals surface area contributed by atoms with Crippen molar-refractivity contribution in [1.82, 2.24) is 36.4 Å². The lowest BCUT2D eigenvalue weighted by Crippen LogP contribution is -2.44. The fourth-order valence-electron chi connectivity index (χ4n) is 10.7. The molecule has 0 bridgehead atoms. The van der Waals surface area contributed by atoms with Gasteiger partial charge in [-0.25, -0.2) is 18.3 Å². The Hall–Kier alpha value is -9.78. The van der Waals surface area contributed by atoms with Gasteiger partial charge in [-0.15, -0.1) is 0 Å². The van der Waals surface area contributed by atoms with Gasteiger partial charge in [0.15, 0.2) is 0 Å². The molecule has 125 heavy (non-hydrogen) atoms. The molecular weight excluding hydrogens is 1540 g/mol. The maximum absolute atomic E-state index is 3.49. The van der Waals surface area contributed by atoms with Crippen LogP contribution < -0.4 is 31.5 Å². The van der Waals surface area contributed by atoms with E-state index in [9.17, 15) is 0 Å². The molecule has 0 amide bonds. The van der Waals surface area contributed by atoms with Gasteiger partial charge in [0.2, 0.25) is 18.5 Å². The van der Waals surface area contributed by atoms with Crippen molar-refractivity contribution in [1.29, 1.82) is 0 Å². The first-order valence-electron chi connectivity index (χ1n) is 42.6. The van der Waals surface area contributed by atoms with Crippen molar-refractivity contribution in [2.75, 3.05) is 174 Å². The normalized spacial score (nSPS) is 10.6. The summed E-state index contributed by atoms with van der Waals surface area (Å²) in [6, 6.07) is 67.2. The Morgan fingerprint density at radius 2 is 0.648 bits per heavy atom. The van der Waals surface area contributed by atoms with E-state index in [0.29, 0.717) is 5.92 Å². The maximum atomic E-state index is 3.49. The van der Waals surface area contributed by atoms with E-state index in [-0.39, 0.29) is 52.0 Å². The molecule has 0 saturated carbocycles. The van der Waals surface area contributed by atoms with E-state index >= 15 is 0 Å². The van der Waals surface area contributed by atoms with Crippen LogP contribution in [-0.2, 0) is 27.2 Å². The average molecular weight is 1740 g/mol. The molecule has 2 aliphatic rings. The summed E-state index contributed by atoms with van der Waals surface area (Å²) < 4.78 is 15.4. The number of rotatable bonds is 19. The van der Waals surface area contributed by atoms with Gasteiger partial charge in [-0.05, 0) is 112 Å². The molecule has 18 heteroatoms. The Labute approximate surface area is 776 Å². The van der Waals surface area contributed by atoms with Crippen molar-refractivity contribution in [3.8, 4) is 42.5 Å². The number of nitrogens with zero attached hydrogens (tertiary/aromatic N) is 18. The summed E-state index contributed by atoms with van der Waals surface area (Å²) in [6.07, 6.45) is 31.7. The van der Waals surface area contributed by atoms with Crippen molar-refractivity contribution in [3.63, 3.8) is 0 Å². The molecule has 0 aliphatic carbocycles. The van der Waals surface area contributed by atoms with Crippen LogP contribution in [0.1, 0.15) is 236 Å². The first-order valence-corrected chi connectivity index (χ1v) is 42.6. The summed E-state index contributed by atoms with van der Waals surface area (Å²) in [6.45, 7) is 31.0. The Morgan fingerprint density at radius 1 is 0.352 bits per heavy atom. The molecule has 9 rings (SSSR count). The molecule has 0 spiro atoms. The lowest BCUT2D eigenvalue weighted by atomic mass is 9.98. The Morgan fingerprint density at radius 3 is 0.928 bits per heavy atom. The number of para-hydroxylation sites is 3. The van der Waals surface area contributed by atoms with E-state index in [1.807, 2.05) is 30.9 Å². The average Bonchev–Trinajstić information content (AvgIpc) is 0.945. The van der Waals surface area contributed by atoms with Gasteiger partial charge in [0, 0.05) is 37.1 Å². The second kappa shape index (κ2) is 89.1. The van der Waals surface area contributed by atoms with Crippen molar-refractivity contribution in [3.05, 3.63) is 216 Å². The SMILES string of the molecule is C.C.C.C.C.C.C.CC#[N+]C.CC#[N+]C.CC#[N+]C.CC#[N+]C.CC#[N+]C.CC#[N+]C.CC#[N+]C.CCC(C)c1ccc([N+](C)(C)C)cc1.CCCCCCCCN1CCC[N+]2=C1CCCCC2.CCCCn1cc[n+](C)c1.CCn1cc[n+](C)c1.C[N+](C)(C)c1ccc([N+](C)(C)C)cc1.C[N+](C)(C)c1ccccc1.C[N+](C)(c1ccccc1)c1ccccc1. The standard InChI is InChI=1S/C17H33N2.C14H16N.C13H22N.C12H22N2.C9H14N.C8H15N2.C6H11N2.7C3H6N.7CH4/c1-2-3-4-5-6-9-13-18-15-11-16-19-14-10-7-8-12-17(18)19;1-15(2,13-9-5-3-6-10-13)14-11-7-4-8-12-14;1-6-11(2)12-7-9-13(10-8-12)14(3,4)5;1-13(2,3)11-7-9-12(10-8-11)14(4,5)6;1-10(2,3)9-7-5-4-6-8-9;1-3-4-5-10-7-6-9(2)8-10;1-3-8-5-4-7(2)6-8;7*1-3-4-2;;;;;;;/h2-16H2,1H3;3-12H,1-2H3;7-11H,6H2,1-5H3;7-10H,1-6H3;4-8H,1-3H3;6-8H,3-5H2,1-2H3;4-6H,3H2,1-2H3;7*1-2H3;7*1H4/q3*+1;+2;10*+1;;;;;;;. The summed E-state index contributed by atoms with van der Waals surface area (Å²) in [5.74, 6) is 2.37. The minimum atomic E-state index is 0. The molecule has 1 unspecified atom stereocenters. The van der Waals surface area contributed by atoms with Crippen molar-refractivity contribution >= 4 is 40.0 Å². The number of imidazole rings is 2. The lowest BCUT2D eigenvalue weighted by Gasteiger charge is -2.28. The number of amidine groups is 1. The summed E-state index contributed by atoms with van der Waals surface area (Å²) in [5, 5.41) is 0. The first-order chi connectivity index (χ1) is 55.9. The Kier molecular flexibility index (Phi) is 101. The van der Waals surface area contributed by atoms with Gasteiger partial charge >= 0.3 is 0 Å². The van der Waals surface area contributed by atoms with E-state index in [2.05, 4.69) is 398 Å². The third-order valence-electron chi connectivity index (χ3n) is 18.6. The summed E-state index contributed by atoms with van der Waals surface area (Å²) >= 11 is 0. The van der Waals surface area contributed by atoms with Crippen LogP contribution in [0.4, 0.5) is 34.1 Å². The number of unbranched alkanes of at least 4 members (excludes halogenated alkanes) is 6. The molecular formula is C107H203N18+15. The highest BCUT2D eigenvalue weighted by Crippen LogP contribution is 2.30. The largest absolute Gasteiger partial charge is 0.298 e. The van der Waals surface area contributed by atoms with Gasteiger partial charge in [-0.1, -0.05) is 212 Å². The molecule has 0 N–H and O–H groups in total. The summed E-state index contributed by atoms with van der Waals surface area (Å²) in [7, 11) is 46.5. The molecule has 0 radical (unpaired) electrons. The highest BCUT2D eigenvalue weighted by atomic mass is 15.3. The summed E-state index contributed by atoms with van der Waals surface area (Å²) in [4.78, 5) is 27.1. The van der Waals surface area contributed by atoms with E-state index in [4.69, 9.17) is 0 Å². The molecule has 5 aromatic carbocycles. The molecule has 706 valence electrons. The minimum Gasteiger partial charge on any atom is -0.298 e.